The second kappa shape index (κ2) is 5.97. The maximum absolute atomic E-state index is 2.27. The minimum atomic E-state index is 0. The molecular formula is C13H22BN+. The molecule has 0 aliphatic rings. The Morgan fingerprint density at radius 2 is 1.27 bits per heavy atom. The van der Waals surface area contributed by atoms with Crippen LogP contribution in [0.25, 0.3) is 0 Å². The minimum absolute atomic E-state index is 0. The highest BCUT2D eigenvalue weighted by Crippen LogP contribution is 2.22. The lowest BCUT2D eigenvalue weighted by Gasteiger charge is -2.35. The van der Waals surface area contributed by atoms with Gasteiger partial charge in [0.15, 0.2) is 0 Å². The van der Waals surface area contributed by atoms with Crippen molar-refractivity contribution in [1.82, 2.24) is 4.48 Å². The van der Waals surface area contributed by atoms with Gasteiger partial charge in [-0.3, -0.25) is 4.48 Å². The van der Waals surface area contributed by atoms with Crippen LogP contribution < -0.4 is 4.48 Å². The van der Waals surface area contributed by atoms with Crippen molar-refractivity contribution in [3.63, 3.8) is 0 Å². The van der Waals surface area contributed by atoms with Crippen LogP contribution in [-0.2, 0) is 0 Å². The molecule has 0 amide bonds. The summed E-state index contributed by atoms with van der Waals surface area (Å²) < 4.78 is 1.10. The Labute approximate surface area is 96.3 Å². The van der Waals surface area contributed by atoms with E-state index in [4.69, 9.17) is 0 Å². The molecule has 81 valence electrons. The summed E-state index contributed by atoms with van der Waals surface area (Å²) in [5.41, 5.74) is 2.79. The summed E-state index contributed by atoms with van der Waals surface area (Å²) in [6.45, 7) is 12.5. The van der Waals surface area contributed by atoms with Crippen molar-refractivity contribution in [1.29, 1.82) is 0 Å². The van der Waals surface area contributed by atoms with Crippen molar-refractivity contribution in [2.45, 2.75) is 27.7 Å². The van der Waals surface area contributed by atoms with Crippen molar-refractivity contribution in [3.8, 4) is 0 Å². The van der Waals surface area contributed by atoms with E-state index >= 15 is 0 Å². The van der Waals surface area contributed by atoms with Crippen LogP contribution >= 0.6 is 0 Å². The molecule has 0 unspecified atom stereocenters. The molecule has 1 rings (SSSR count). The van der Waals surface area contributed by atoms with Crippen LogP contribution in [0.5, 0.6) is 0 Å². The Hall–Kier alpha value is -0.755. The van der Waals surface area contributed by atoms with Gasteiger partial charge in [-0.1, -0.05) is 17.7 Å². The number of benzene rings is 1. The molecule has 1 aromatic carbocycles. The van der Waals surface area contributed by atoms with Crippen LogP contribution in [0.1, 0.15) is 26.3 Å². The molecule has 0 aliphatic carbocycles. The van der Waals surface area contributed by atoms with Crippen LogP contribution in [0.15, 0.2) is 24.3 Å². The minimum Gasteiger partial charge on any atom is -0.292 e. The van der Waals surface area contributed by atoms with Gasteiger partial charge in [0, 0.05) is 8.41 Å². The lowest BCUT2D eigenvalue weighted by molar-refractivity contribution is 0.316. The first-order valence-corrected chi connectivity index (χ1v) is 5.61. The molecule has 3 radical (unpaired) electrons. The monoisotopic (exact) mass is 203 g/mol. The predicted octanol–water partition coefficient (Wildman–Crippen LogP) is 2.98. The smallest absolute Gasteiger partial charge is 0.132 e. The van der Waals surface area contributed by atoms with Crippen molar-refractivity contribution in [3.05, 3.63) is 29.8 Å². The lowest BCUT2D eigenvalue weighted by atomic mass is 10.2. The number of nitrogens with zero attached hydrogens (tertiary/aromatic N) is 1. The van der Waals surface area contributed by atoms with Gasteiger partial charge in [-0.15, -0.1) is 0 Å². The second-order valence-electron chi connectivity index (χ2n) is 3.93. The first-order chi connectivity index (χ1) is 6.68. The molecule has 0 saturated heterocycles. The molecule has 15 heavy (non-hydrogen) atoms. The maximum atomic E-state index is 2.27. The first kappa shape index (κ1) is 14.2. The summed E-state index contributed by atoms with van der Waals surface area (Å²) >= 11 is 0. The fraction of sp³-hybridized carbons (Fsp3) is 0.538. The first-order valence-electron chi connectivity index (χ1n) is 5.61. The Morgan fingerprint density at radius 1 is 0.867 bits per heavy atom. The second-order valence-corrected chi connectivity index (χ2v) is 3.93. The molecule has 0 spiro atoms. The van der Waals surface area contributed by atoms with Crippen LogP contribution in [0.2, 0.25) is 0 Å². The van der Waals surface area contributed by atoms with Crippen LogP contribution in [0.3, 0.4) is 0 Å². The molecule has 0 saturated carbocycles. The highest BCUT2D eigenvalue weighted by atomic mass is 15.3. The van der Waals surface area contributed by atoms with Gasteiger partial charge >= 0.3 is 0 Å². The SMILES string of the molecule is CC[N+](CC)(CC)c1ccc(C)cc1.[B]. The predicted molar refractivity (Wildman–Crippen MR) is 70.4 cm³/mol. The summed E-state index contributed by atoms with van der Waals surface area (Å²) in [5, 5.41) is 0. The van der Waals surface area contributed by atoms with E-state index in [9.17, 15) is 0 Å². The van der Waals surface area contributed by atoms with Crippen LogP contribution in [0.4, 0.5) is 5.69 Å². The van der Waals surface area contributed by atoms with Crippen LogP contribution in [-0.4, -0.2) is 28.0 Å². The highest BCUT2D eigenvalue weighted by Gasteiger charge is 2.23. The van der Waals surface area contributed by atoms with Crippen molar-refractivity contribution in [2.24, 2.45) is 0 Å². The number of hydrogen-bond acceptors (Lipinski definition) is 0. The Morgan fingerprint density at radius 3 is 1.60 bits per heavy atom. The highest BCUT2D eigenvalue weighted by molar-refractivity contribution is 5.75. The third-order valence-electron chi connectivity index (χ3n) is 3.40. The van der Waals surface area contributed by atoms with E-state index in [1.807, 2.05) is 0 Å². The zero-order chi connectivity index (χ0) is 10.6. The van der Waals surface area contributed by atoms with Crippen LogP contribution in [0, 0.1) is 6.92 Å². The third kappa shape index (κ3) is 2.85. The fourth-order valence-corrected chi connectivity index (χ4v) is 2.08. The molecule has 1 aromatic rings. The topological polar surface area (TPSA) is 0 Å². The van der Waals surface area contributed by atoms with Gasteiger partial charge in [0.25, 0.3) is 0 Å². The van der Waals surface area contributed by atoms with Crippen molar-refractivity contribution >= 4 is 14.1 Å². The van der Waals surface area contributed by atoms with E-state index in [0.717, 1.165) is 4.48 Å². The number of hydrogen-bond donors (Lipinski definition) is 0. The molecule has 2 heteroatoms. The summed E-state index contributed by atoms with van der Waals surface area (Å²) in [6.07, 6.45) is 0. The molecule has 0 atom stereocenters. The molecule has 0 N–H and O–H groups in total. The molecule has 0 heterocycles. The lowest BCUT2D eigenvalue weighted by Crippen LogP contribution is -2.48. The van der Waals surface area contributed by atoms with Gasteiger partial charge in [0.2, 0.25) is 0 Å². The Balaban J connectivity index is 0.00000196. The van der Waals surface area contributed by atoms with Gasteiger partial charge in [0.1, 0.15) is 5.69 Å². The standard InChI is InChI=1S/C13H22N.B/c1-5-14(6-2,7-3)13-10-8-12(4)9-11-13;/h8-11H,5-7H2,1-4H3;/q+1;. The average Bonchev–Trinajstić information content (AvgIpc) is 2.24. The number of rotatable bonds is 4. The molecule has 0 fully saturated rings. The van der Waals surface area contributed by atoms with E-state index in [1.165, 1.54) is 30.9 Å². The van der Waals surface area contributed by atoms with Crippen molar-refractivity contribution in [2.75, 3.05) is 19.6 Å². The van der Waals surface area contributed by atoms with Gasteiger partial charge in [-0.25, -0.2) is 0 Å². The maximum Gasteiger partial charge on any atom is 0.132 e. The fourth-order valence-electron chi connectivity index (χ4n) is 2.08. The van der Waals surface area contributed by atoms with Gasteiger partial charge in [-0.2, -0.15) is 0 Å². The normalized spacial score (nSPS) is 10.9. The van der Waals surface area contributed by atoms with Gasteiger partial charge in [-0.05, 0) is 39.8 Å². The zero-order valence-corrected chi connectivity index (χ0v) is 10.5. The third-order valence-corrected chi connectivity index (χ3v) is 3.40. The summed E-state index contributed by atoms with van der Waals surface area (Å²) in [6, 6.07) is 8.96. The summed E-state index contributed by atoms with van der Waals surface area (Å²) in [5.74, 6) is 0. The van der Waals surface area contributed by atoms with E-state index in [0.29, 0.717) is 0 Å². The van der Waals surface area contributed by atoms with E-state index < -0.39 is 0 Å². The Kier molecular flexibility index (Phi) is 5.67. The molecule has 0 aromatic heterocycles. The summed E-state index contributed by atoms with van der Waals surface area (Å²) in [7, 11) is 0. The van der Waals surface area contributed by atoms with E-state index in [2.05, 4.69) is 52.0 Å². The number of quaternary nitrogens is 1. The molecular weight excluding hydrogens is 181 g/mol. The quantitative estimate of drug-likeness (QED) is 0.521. The molecule has 1 nitrogen and oxygen atoms in total. The van der Waals surface area contributed by atoms with Gasteiger partial charge in [0.05, 0.1) is 19.6 Å². The van der Waals surface area contributed by atoms with Gasteiger partial charge < -0.3 is 0 Å². The van der Waals surface area contributed by atoms with E-state index in [-0.39, 0.29) is 8.41 Å². The summed E-state index contributed by atoms with van der Waals surface area (Å²) in [4.78, 5) is 0. The average molecular weight is 203 g/mol. The number of aryl methyl sites for hydroxylation is 1. The molecule has 0 bridgehead atoms. The van der Waals surface area contributed by atoms with E-state index in [1.54, 1.807) is 0 Å². The zero-order valence-electron chi connectivity index (χ0n) is 10.5. The van der Waals surface area contributed by atoms with Crippen molar-refractivity contribution < 1.29 is 0 Å². The largest absolute Gasteiger partial charge is 0.292 e. The molecule has 0 aliphatic heterocycles. The Bertz CT molecular complexity index is 267.